The first-order valence-electron chi connectivity index (χ1n) is 5.64. The molecular formula is C14H18. The summed E-state index contributed by atoms with van der Waals surface area (Å²) in [6.45, 7) is 2.26. The zero-order valence-corrected chi connectivity index (χ0v) is 8.87. The number of benzene rings is 1. The lowest BCUT2D eigenvalue weighted by atomic mass is 9.85. The highest BCUT2D eigenvalue weighted by molar-refractivity contribution is 5.26. The van der Waals surface area contributed by atoms with Crippen LogP contribution in [0.4, 0.5) is 0 Å². The van der Waals surface area contributed by atoms with Gasteiger partial charge in [0.25, 0.3) is 0 Å². The minimum atomic E-state index is 0.680. The lowest BCUT2D eigenvalue weighted by Crippen LogP contribution is -2.02. The summed E-state index contributed by atoms with van der Waals surface area (Å²) >= 11 is 0. The average molecular weight is 186 g/mol. The number of hydrogen-bond donors (Lipinski definition) is 0. The van der Waals surface area contributed by atoms with Gasteiger partial charge in [-0.25, -0.2) is 0 Å². The van der Waals surface area contributed by atoms with Gasteiger partial charge in [0.15, 0.2) is 0 Å². The van der Waals surface area contributed by atoms with E-state index in [1.54, 1.807) is 5.57 Å². The molecule has 0 saturated heterocycles. The van der Waals surface area contributed by atoms with Crippen LogP contribution in [0.25, 0.3) is 0 Å². The van der Waals surface area contributed by atoms with Crippen molar-refractivity contribution >= 4 is 0 Å². The third-order valence-corrected chi connectivity index (χ3v) is 3.13. The van der Waals surface area contributed by atoms with E-state index in [9.17, 15) is 0 Å². The molecule has 0 amide bonds. The van der Waals surface area contributed by atoms with E-state index >= 15 is 0 Å². The van der Waals surface area contributed by atoms with Crippen molar-refractivity contribution in [2.45, 2.75) is 38.5 Å². The van der Waals surface area contributed by atoms with Gasteiger partial charge in [-0.2, -0.15) is 0 Å². The number of hydrogen-bond acceptors (Lipinski definition) is 0. The van der Waals surface area contributed by atoms with Gasteiger partial charge in [-0.1, -0.05) is 48.9 Å². The molecule has 0 nitrogen and oxygen atoms in total. The van der Waals surface area contributed by atoms with Crippen LogP contribution in [0.15, 0.2) is 42.0 Å². The van der Waals surface area contributed by atoms with Crippen molar-refractivity contribution in [3.8, 4) is 0 Å². The Morgan fingerprint density at radius 3 is 2.71 bits per heavy atom. The predicted molar refractivity (Wildman–Crippen MR) is 61.4 cm³/mol. The normalized spacial score (nSPS) is 21.8. The first-order valence-corrected chi connectivity index (χ1v) is 5.64. The molecule has 1 unspecified atom stereocenters. The van der Waals surface area contributed by atoms with Gasteiger partial charge in [0.2, 0.25) is 0 Å². The highest BCUT2D eigenvalue weighted by Crippen LogP contribution is 2.31. The molecule has 74 valence electrons. The average Bonchev–Trinajstić information content (AvgIpc) is 2.30. The molecule has 0 heteroatoms. The fraction of sp³-hybridized carbons (Fsp3) is 0.429. The summed E-state index contributed by atoms with van der Waals surface area (Å²) in [4.78, 5) is 0. The molecule has 0 aliphatic heterocycles. The van der Waals surface area contributed by atoms with Crippen LogP contribution in [-0.2, 0) is 0 Å². The number of rotatable bonds is 2. The van der Waals surface area contributed by atoms with Crippen molar-refractivity contribution in [3.05, 3.63) is 47.5 Å². The third-order valence-electron chi connectivity index (χ3n) is 3.13. The topological polar surface area (TPSA) is 0 Å². The van der Waals surface area contributed by atoms with E-state index in [0.29, 0.717) is 5.92 Å². The molecule has 0 aromatic heterocycles. The van der Waals surface area contributed by atoms with Crippen LogP contribution >= 0.6 is 0 Å². The van der Waals surface area contributed by atoms with Crippen LogP contribution in [0.3, 0.4) is 0 Å². The van der Waals surface area contributed by atoms with Crippen molar-refractivity contribution in [1.82, 2.24) is 0 Å². The van der Waals surface area contributed by atoms with Crippen molar-refractivity contribution in [1.29, 1.82) is 0 Å². The predicted octanol–water partition coefficient (Wildman–Crippen LogP) is 4.29. The van der Waals surface area contributed by atoms with Gasteiger partial charge in [0.1, 0.15) is 0 Å². The summed E-state index contributed by atoms with van der Waals surface area (Å²) in [6, 6.07) is 10.9. The monoisotopic (exact) mass is 186 g/mol. The summed E-state index contributed by atoms with van der Waals surface area (Å²) in [6.07, 6.45) is 7.72. The Balaban J connectivity index is 2.19. The first-order chi connectivity index (χ1) is 6.90. The second-order valence-corrected chi connectivity index (χ2v) is 4.09. The Morgan fingerprint density at radius 2 is 2.00 bits per heavy atom. The van der Waals surface area contributed by atoms with Crippen LogP contribution in [0, 0.1) is 0 Å². The van der Waals surface area contributed by atoms with Crippen LogP contribution in [0.2, 0.25) is 0 Å². The summed E-state index contributed by atoms with van der Waals surface area (Å²) in [5.74, 6) is 0.680. The van der Waals surface area contributed by atoms with E-state index in [0.717, 1.165) is 0 Å². The molecule has 1 atom stereocenters. The standard InChI is InChI=1S/C14H18/c1-2-12-7-6-10-14(11-12)13-8-4-3-5-9-13/h3-5,8-9,11,14H,2,6-7,10H2,1H3. The molecule has 0 heterocycles. The lowest BCUT2D eigenvalue weighted by molar-refractivity contribution is 0.622. The summed E-state index contributed by atoms with van der Waals surface area (Å²) in [5, 5.41) is 0. The van der Waals surface area contributed by atoms with Gasteiger partial charge >= 0.3 is 0 Å². The molecular weight excluding hydrogens is 168 g/mol. The molecule has 1 aromatic carbocycles. The fourth-order valence-electron chi connectivity index (χ4n) is 2.26. The summed E-state index contributed by atoms with van der Waals surface area (Å²) in [5.41, 5.74) is 3.13. The van der Waals surface area contributed by atoms with E-state index in [4.69, 9.17) is 0 Å². The van der Waals surface area contributed by atoms with Crippen molar-refractivity contribution < 1.29 is 0 Å². The summed E-state index contributed by atoms with van der Waals surface area (Å²) in [7, 11) is 0. The van der Waals surface area contributed by atoms with Crippen LogP contribution < -0.4 is 0 Å². The zero-order chi connectivity index (χ0) is 9.80. The molecule has 0 fully saturated rings. The largest absolute Gasteiger partial charge is 0.0778 e. The van der Waals surface area contributed by atoms with Crippen LogP contribution in [0.5, 0.6) is 0 Å². The minimum Gasteiger partial charge on any atom is -0.0778 e. The summed E-state index contributed by atoms with van der Waals surface area (Å²) < 4.78 is 0. The molecule has 14 heavy (non-hydrogen) atoms. The van der Waals surface area contributed by atoms with Gasteiger partial charge in [0.05, 0.1) is 0 Å². The van der Waals surface area contributed by atoms with Gasteiger partial charge in [-0.15, -0.1) is 0 Å². The molecule has 0 bridgehead atoms. The van der Waals surface area contributed by atoms with E-state index in [2.05, 4.69) is 43.3 Å². The smallest absolute Gasteiger partial charge is 0.00207 e. The maximum absolute atomic E-state index is 2.48. The van der Waals surface area contributed by atoms with Crippen LogP contribution in [0.1, 0.15) is 44.1 Å². The molecule has 0 spiro atoms. The third kappa shape index (κ3) is 2.06. The highest BCUT2D eigenvalue weighted by Gasteiger charge is 2.13. The first kappa shape index (κ1) is 9.51. The lowest BCUT2D eigenvalue weighted by Gasteiger charge is -2.20. The van der Waals surface area contributed by atoms with E-state index in [1.165, 1.54) is 31.2 Å². The molecule has 2 rings (SSSR count). The Kier molecular flexibility index (Phi) is 3.03. The Bertz CT molecular complexity index is 308. The van der Waals surface area contributed by atoms with Gasteiger partial charge < -0.3 is 0 Å². The van der Waals surface area contributed by atoms with Crippen molar-refractivity contribution in [3.63, 3.8) is 0 Å². The maximum Gasteiger partial charge on any atom is 0.00207 e. The molecule has 1 aromatic rings. The van der Waals surface area contributed by atoms with Gasteiger partial charge in [-0.3, -0.25) is 0 Å². The second kappa shape index (κ2) is 4.45. The Morgan fingerprint density at radius 1 is 1.21 bits per heavy atom. The molecule has 1 aliphatic carbocycles. The fourth-order valence-corrected chi connectivity index (χ4v) is 2.26. The number of allylic oxidation sites excluding steroid dienone is 2. The van der Waals surface area contributed by atoms with E-state index in [-0.39, 0.29) is 0 Å². The molecule has 0 N–H and O–H groups in total. The van der Waals surface area contributed by atoms with E-state index in [1.807, 2.05) is 0 Å². The van der Waals surface area contributed by atoms with Gasteiger partial charge in [-0.05, 0) is 31.2 Å². The van der Waals surface area contributed by atoms with Gasteiger partial charge in [0, 0.05) is 5.92 Å². The highest BCUT2D eigenvalue weighted by atomic mass is 14.2. The quantitative estimate of drug-likeness (QED) is 0.604. The van der Waals surface area contributed by atoms with E-state index < -0.39 is 0 Å². The van der Waals surface area contributed by atoms with Crippen LogP contribution in [-0.4, -0.2) is 0 Å². The molecule has 0 radical (unpaired) electrons. The van der Waals surface area contributed by atoms with Crippen molar-refractivity contribution in [2.75, 3.05) is 0 Å². The maximum atomic E-state index is 2.48. The Hall–Kier alpha value is -1.04. The Labute approximate surface area is 86.7 Å². The van der Waals surface area contributed by atoms with Crippen molar-refractivity contribution in [2.24, 2.45) is 0 Å². The SMILES string of the molecule is CCC1=CC(c2ccccc2)CCC1. The molecule has 1 aliphatic rings. The minimum absolute atomic E-state index is 0.680. The zero-order valence-electron chi connectivity index (χ0n) is 8.87. The molecule has 0 saturated carbocycles. The second-order valence-electron chi connectivity index (χ2n) is 4.09.